The van der Waals surface area contributed by atoms with Crippen LogP contribution in [0, 0.1) is 5.92 Å². The van der Waals surface area contributed by atoms with Crippen LogP contribution < -0.4 is 0 Å². The summed E-state index contributed by atoms with van der Waals surface area (Å²) in [5.41, 5.74) is 4.23. The fourth-order valence-electron chi connectivity index (χ4n) is 4.63. The van der Waals surface area contributed by atoms with Crippen LogP contribution in [0.3, 0.4) is 0 Å². The molecule has 0 aliphatic heterocycles. The Balaban J connectivity index is 1.54. The maximum absolute atomic E-state index is 13.8. The second kappa shape index (κ2) is 13.2. The van der Waals surface area contributed by atoms with Crippen molar-refractivity contribution in [1.82, 2.24) is 14.8 Å². The van der Waals surface area contributed by atoms with Crippen molar-refractivity contribution in [2.24, 2.45) is 5.92 Å². The summed E-state index contributed by atoms with van der Waals surface area (Å²) in [7, 11) is 0. The number of hydrogen-bond acceptors (Lipinski definition) is 2. The molecule has 0 saturated heterocycles. The molecule has 1 amide bonds. The lowest BCUT2D eigenvalue weighted by Gasteiger charge is -2.29. The molecule has 3 aromatic carbocycles. The molecule has 0 radical (unpaired) electrons. The van der Waals surface area contributed by atoms with E-state index in [4.69, 9.17) is 46.4 Å². The topological polar surface area (TPSA) is 39.3 Å². The maximum atomic E-state index is 13.8. The van der Waals surface area contributed by atoms with E-state index in [-0.39, 0.29) is 12.5 Å². The highest BCUT2D eigenvalue weighted by Crippen LogP contribution is 2.25. The summed E-state index contributed by atoms with van der Waals surface area (Å²) in [6, 6.07) is 19.4. The van der Waals surface area contributed by atoms with E-state index >= 15 is 0 Å². The second-order valence-corrected chi connectivity index (χ2v) is 11.6. The van der Waals surface area contributed by atoms with Crippen molar-refractivity contribution in [3.05, 3.63) is 104 Å². The Morgan fingerprint density at radius 3 is 2.11 bits per heavy atom. The van der Waals surface area contributed by atoms with Gasteiger partial charge in [0.1, 0.15) is 0 Å². The molecule has 8 heteroatoms. The van der Waals surface area contributed by atoms with Gasteiger partial charge in [0.15, 0.2) is 0 Å². The number of carbonyl (C=O) groups excluding carboxylic acids is 1. The number of carbonyl (C=O) groups is 1. The van der Waals surface area contributed by atoms with E-state index < -0.39 is 0 Å². The molecule has 0 fully saturated rings. The fraction of sp³-hybridized carbons (Fsp3) is 0.300. The number of nitrogens with zero attached hydrogens (tertiary/aromatic N) is 2. The highest BCUT2D eigenvalue weighted by atomic mass is 35.5. The van der Waals surface area contributed by atoms with E-state index in [9.17, 15) is 4.79 Å². The third kappa shape index (κ3) is 7.68. The number of aromatic amines is 1. The van der Waals surface area contributed by atoms with Crippen LogP contribution in [0.1, 0.15) is 30.5 Å². The molecule has 38 heavy (non-hydrogen) atoms. The van der Waals surface area contributed by atoms with E-state index in [1.165, 1.54) is 10.9 Å². The van der Waals surface area contributed by atoms with Crippen LogP contribution in [0.5, 0.6) is 0 Å². The molecule has 4 nitrogen and oxygen atoms in total. The zero-order chi connectivity index (χ0) is 27.2. The van der Waals surface area contributed by atoms with Crippen molar-refractivity contribution in [1.29, 1.82) is 0 Å². The van der Waals surface area contributed by atoms with Crippen molar-refractivity contribution >= 4 is 63.2 Å². The van der Waals surface area contributed by atoms with Crippen molar-refractivity contribution in [2.75, 3.05) is 19.6 Å². The first kappa shape index (κ1) is 28.8. The standard InChI is InChI=1S/C30H31Cl4N3O/c1-20(2)16-36(17-21-7-9-25(31)27(33)13-21)19-30(38)37(18-22-8-10-26(32)28(34)14-22)12-11-23-15-35-29-6-4-3-5-24(23)29/h3-10,13-15,20,35H,11-12,16-19H2,1-2H3. The van der Waals surface area contributed by atoms with Gasteiger partial charge in [-0.2, -0.15) is 0 Å². The van der Waals surface area contributed by atoms with Crippen LogP contribution in [-0.2, 0) is 24.3 Å². The molecule has 0 unspecified atom stereocenters. The Morgan fingerprint density at radius 1 is 0.842 bits per heavy atom. The zero-order valence-corrected chi connectivity index (χ0v) is 24.5. The molecule has 4 rings (SSSR count). The van der Waals surface area contributed by atoms with Gasteiger partial charge in [-0.05, 0) is 59.4 Å². The molecule has 1 aromatic heterocycles. The van der Waals surface area contributed by atoms with Gasteiger partial charge in [0, 0.05) is 43.3 Å². The Labute approximate surface area is 244 Å². The molecule has 0 aliphatic rings. The Hall–Kier alpha value is -2.21. The van der Waals surface area contributed by atoms with E-state index in [0.717, 1.165) is 29.6 Å². The summed E-state index contributed by atoms with van der Waals surface area (Å²) in [5.74, 6) is 0.442. The van der Waals surface area contributed by atoms with Crippen LogP contribution >= 0.6 is 46.4 Å². The van der Waals surface area contributed by atoms with Gasteiger partial charge >= 0.3 is 0 Å². The number of fused-ring (bicyclic) bond motifs is 1. The molecule has 0 bridgehead atoms. The Bertz CT molecular complexity index is 1400. The third-order valence-electron chi connectivity index (χ3n) is 6.41. The van der Waals surface area contributed by atoms with Crippen LogP contribution in [0.25, 0.3) is 10.9 Å². The molecule has 0 spiro atoms. The van der Waals surface area contributed by atoms with Crippen molar-refractivity contribution < 1.29 is 4.79 Å². The minimum absolute atomic E-state index is 0.0524. The van der Waals surface area contributed by atoms with Crippen molar-refractivity contribution in [2.45, 2.75) is 33.4 Å². The molecule has 0 atom stereocenters. The minimum Gasteiger partial charge on any atom is -0.361 e. The first-order valence-electron chi connectivity index (χ1n) is 12.6. The SMILES string of the molecule is CC(C)CN(CC(=O)N(CCc1c[nH]c2ccccc12)Cc1ccc(Cl)c(Cl)c1)Cc1ccc(Cl)c(Cl)c1. The van der Waals surface area contributed by atoms with Gasteiger partial charge in [0.25, 0.3) is 0 Å². The number of halogens is 4. The van der Waals surface area contributed by atoms with Gasteiger partial charge in [-0.3, -0.25) is 9.69 Å². The summed E-state index contributed by atoms with van der Waals surface area (Å²) < 4.78 is 0. The first-order chi connectivity index (χ1) is 18.2. The van der Waals surface area contributed by atoms with E-state index in [0.29, 0.717) is 45.6 Å². The van der Waals surface area contributed by atoms with Crippen molar-refractivity contribution in [3.63, 3.8) is 0 Å². The van der Waals surface area contributed by atoms with Crippen molar-refractivity contribution in [3.8, 4) is 0 Å². The number of H-pyrrole nitrogens is 1. The predicted molar refractivity (Wildman–Crippen MR) is 160 cm³/mol. The molecule has 200 valence electrons. The highest BCUT2D eigenvalue weighted by molar-refractivity contribution is 6.42. The third-order valence-corrected chi connectivity index (χ3v) is 7.89. The average Bonchev–Trinajstić information content (AvgIpc) is 3.29. The number of hydrogen-bond donors (Lipinski definition) is 1. The van der Waals surface area contributed by atoms with Gasteiger partial charge < -0.3 is 9.88 Å². The number of para-hydroxylation sites is 1. The molecule has 1 N–H and O–H groups in total. The minimum atomic E-state index is 0.0524. The molecule has 0 saturated carbocycles. The maximum Gasteiger partial charge on any atom is 0.237 e. The molecule has 1 heterocycles. The lowest BCUT2D eigenvalue weighted by molar-refractivity contribution is -0.133. The molecule has 4 aromatic rings. The number of benzene rings is 3. The quantitative estimate of drug-likeness (QED) is 0.190. The highest BCUT2D eigenvalue weighted by Gasteiger charge is 2.20. The van der Waals surface area contributed by atoms with Gasteiger partial charge in [-0.1, -0.05) is 90.6 Å². The van der Waals surface area contributed by atoms with Gasteiger partial charge in [-0.15, -0.1) is 0 Å². The number of aromatic nitrogens is 1. The normalized spacial score (nSPS) is 11.6. The van der Waals surface area contributed by atoms with E-state index in [1.807, 2.05) is 47.5 Å². The second-order valence-electron chi connectivity index (χ2n) is 9.99. The van der Waals surface area contributed by atoms with Crippen LogP contribution in [0.2, 0.25) is 20.1 Å². The summed E-state index contributed by atoms with van der Waals surface area (Å²) in [6.07, 6.45) is 2.76. The van der Waals surface area contributed by atoms with E-state index in [2.05, 4.69) is 35.9 Å². The summed E-state index contributed by atoms with van der Waals surface area (Å²) in [6.45, 7) is 6.98. The van der Waals surface area contributed by atoms with Gasteiger partial charge in [-0.25, -0.2) is 0 Å². The van der Waals surface area contributed by atoms with Gasteiger partial charge in [0.05, 0.1) is 26.6 Å². The predicted octanol–water partition coefficient (Wildman–Crippen LogP) is 8.51. The average molecular weight is 591 g/mol. The van der Waals surface area contributed by atoms with Gasteiger partial charge in [0.2, 0.25) is 5.91 Å². The molecular formula is C30H31Cl4N3O. The lowest BCUT2D eigenvalue weighted by atomic mass is 10.1. The van der Waals surface area contributed by atoms with Crippen LogP contribution in [0.15, 0.2) is 66.9 Å². The number of amides is 1. The smallest absolute Gasteiger partial charge is 0.237 e. The first-order valence-corrected chi connectivity index (χ1v) is 14.1. The van der Waals surface area contributed by atoms with E-state index in [1.54, 1.807) is 12.1 Å². The largest absolute Gasteiger partial charge is 0.361 e. The lowest BCUT2D eigenvalue weighted by Crippen LogP contribution is -2.42. The zero-order valence-electron chi connectivity index (χ0n) is 21.5. The Morgan fingerprint density at radius 2 is 1.47 bits per heavy atom. The number of nitrogens with one attached hydrogen (secondary N) is 1. The summed E-state index contributed by atoms with van der Waals surface area (Å²) in [5, 5.41) is 3.19. The summed E-state index contributed by atoms with van der Waals surface area (Å²) in [4.78, 5) is 21.2. The molecular weight excluding hydrogens is 560 g/mol. The number of rotatable bonds is 11. The summed E-state index contributed by atoms with van der Waals surface area (Å²) >= 11 is 24.8. The fourth-order valence-corrected chi connectivity index (χ4v) is 5.27. The Kier molecular flexibility index (Phi) is 10.0. The monoisotopic (exact) mass is 589 g/mol. The van der Waals surface area contributed by atoms with Crippen LogP contribution in [0.4, 0.5) is 0 Å². The molecule has 0 aliphatic carbocycles. The van der Waals surface area contributed by atoms with Crippen LogP contribution in [-0.4, -0.2) is 40.3 Å².